The van der Waals surface area contributed by atoms with Gasteiger partial charge in [0.05, 0.1) is 6.54 Å². The number of anilines is 2. The number of carbonyl (C=O) groups excluding carboxylic acids is 2. The minimum atomic E-state index is -0.344. The Balaban J connectivity index is 1.90. The van der Waals surface area contributed by atoms with Gasteiger partial charge in [0.15, 0.2) is 5.13 Å². The molecule has 3 N–H and O–H groups in total. The largest absolute Gasteiger partial charge is 0.382 e. The van der Waals surface area contributed by atoms with Crippen LogP contribution in [0.2, 0.25) is 0 Å². The number of nitrogens with two attached hydrogens (primary N) is 1. The van der Waals surface area contributed by atoms with Crippen LogP contribution < -0.4 is 16.0 Å². The molecule has 21 heavy (non-hydrogen) atoms. The molecule has 7 nitrogen and oxygen atoms in total. The number of nitrogens with one attached hydrogen (secondary N) is 1. The lowest BCUT2D eigenvalue weighted by Gasteiger charge is -2.26. The Bertz CT molecular complexity index is 523. The van der Waals surface area contributed by atoms with Crippen LogP contribution in [0.5, 0.6) is 0 Å². The van der Waals surface area contributed by atoms with Gasteiger partial charge in [0.2, 0.25) is 5.91 Å². The molecule has 1 aliphatic heterocycles. The van der Waals surface area contributed by atoms with Gasteiger partial charge in [-0.2, -0.15) is 0 Å². The molecule has 0 radical (unpaired) electrons. The number of piperidine rings is 1. The Morgan fingerprint density at radius 3 is 2.57 bits per heavy atom. The summed E-state index contributed by atoms with van der Waals surface area (Å²) in [4.78, 5) is 32.1. The number of nitrogens with zero attached hydrogens (tertiary/aromatic N) is 3. The molecule has 0 aromatic carbocycles. The Morgan fingerprint density at radius 2 is 2.00 bits per heavy atom. The zero-order valence-corrected chi connectivity index (χ0v) is 13.2. The van der Waals surface area contributed by atoms with E-state index in [-0.39, 0.29) is 24.2 Å². The standard InChI is InChI=1S/C13H21N5O2S/c1-17(2)13-16-11(14)10(21-13)12(20)15-8-9(19)18-6-4-3-5-7-18/h3-8,14H2,1-2H3,(H,15,20). The third-order valence-corrected chi connectivity index (χ3v) is 4.58. The number of nitrogen functional groups attached to an aromatic ring is 1. The molecule has 1 aromatic heterocycles. The topological polar surface area (TPSA) is 91.6 Å². The van der Waals surface area contributed by atoms with E-state index < -0.39 is 0 Å². The van der Waals surface area contributed by atoms with Crippen LogP contribution in [0.1, 0.15) is 28.9 Å². The van der Waals surface area contributed by atoms with Crippen molar-refractivity contribution in [1.29, 1.82) is 0 Å². The summed E-state index contributed by atoms with van der Waals surface area (Å²) in [6, 6.07) is 0. The van der Waals surface area contributed by atoms with Crippen LogP contribution in [0, 0.1) is 0 Å². The van der Waals surface area contributed by atoms with Crippen molar-refractivity contribution in [3.8, 4) is 0 Å². The second-order valence-corrected chi connectivity index (χ2v) is 6.21. The summed E-state index contributed by atoms with van der Waals surface area (Å²) in [6.07, 6.45) is 3.24. The molecule has 8 heteroatoms. The second-order valence-electron chi connectivity index (χ2n) is 5.23. The highest BCUT2D eigenvalue weighted by Crippen LogP contribution is 2.26. The zero-order chi connectivity index (χ0) is 15.4. The Morgan fingerprint density at radius 1 is 1.33 bits per heavy atom. The van der Waals surface area contributed by atoms with Gasteiger partial charge in [-0.15, -0.1) is 0 Å². The van der Waals surface area contributed by atoms with Crippen LogP contribution in [-0.2, 0) is 4.79 Å². The van der Waals surface area contributed by atoms with Gasteiger partial charge >= 0.3 is 0 Å². The molecular weight excluding hydrogens is 290 g/mol. The van der Waals surface area contributed by atoms with Crippen molar-refractivity contribution in [3.05, 3.63) is 4.88 Å². The predicted octanol–water partition coefficient (Wildman–Crippen LogP) is 0.534. The average Bonchev–Trinajstić information content (AvgIpc) is 2.87. The lowest BCUT2D eigenvalue weighted by Crippen LogP contribution is -2.42. The van der Waals surface area contributed by atoms with Gasteiger partial charge in [-0.1, -0.05) is 11.3 Å². The average molecular weight is 311 g/mol. The summed E-state index contributed by atoms with van der Waals surface area (Å²) in [5.41, 5.74) is 5.75. The fourth-order valence-electron chi connectivity index (χ4n) is 2.17. The summed E-state index contributed by atoms with van der Waals surface area (Å²) in [6.45, 7) is 1.57. The number of aromatic nitrogens is 1. The van der Waals surface area contributed by atoms with E-state index in [1.54, 1.807) is 9.80 Å². The fourth-order valence-corrected chi connectivity index (χ4v) is 2.99. The summed E-state index contributed by atoms with van der Waals surface area (Å²) >= 11 is 1.22. The molecule has 0 unspecified atom stereocenters. The lowest BCUT2D eigenvalue weighted by molar-refractivity contribution is -0.130. The molecule has 2 amide bonds. The van der Waals surface area contributed by atoms with E-state index in [1.165, 1.54) is 17.8 Å². The van der Waals surface area contributed by atoms with Crippen molar-refractivity contribution >= 4 is 34.1 Å². The van der Waals surface area contributed by atoms with E-state index in [0.29, 0.717) is 10.0 Å². The molecular formula is C13H21N5O2S. The number of carbonyl (C=O) groups is 2. The van der Waals surface area contributed by atoms with E-state index in [1.807, 2.05) is 14.1 Å². The molecule has 116 valence electrons. The van der Waals surface area contributed by atoms with Crippen LogP contribution in [0.3, 0.4) is 0 Å². The number of hydrogen-bond donors (Lipinski definition) is 2. The first-order valence-electron chi connectivity index (χ1n) is 6.98. The maximum absolute atomic E-state index is 12.1. The highest BCUT2D eigenvalue weighted by atomic mass is 32.1. The second kappa shape index (κ2) is 6.75. The maximum Gasteiger partial charge on any atom is 0.265 e. The summed E-state index contributed by atoms with van der Waals surface area (Å²) in [7, 11) is 3.67. The third-order valence-electron chi connectivity index (χ3n) is 3.34. The molecule has 1 aliphatic rings. The highest BCUT2D eigenvalue weighted by Gasteiger charge is 2.20. The van der Waals surface area contributed by atoms with Gasteiger partial charge in [-0.3, -0.25) is 9.59 Å². The monoisotopic (exact) mass is 311 g/mol. The zero-order valence-electron chi connectivity index (χ0n) is 12.4. The van der Waals surface area contributed by atoms with Crippen LogP contribution in [0.25, 0.3) is 0 Å². The van der Waals surface area contributed by atoms with E-state index in [9.17, 15) is 9.59 Å². The van der Waals surface area contributed by atoms with Gasteiger partial charge in [0, 0.05) is 27.2 Å². The first kappa shape index (κ1) is 15.6. The molecule has 1 aromatic rings. The van der Waals surface area contributed by atoms with Crippen LogP contribution >= 0.6 is 11.3 Å². The molecule has 2 rings (SSSR count). The first-order chi connectivity index (χ1) is 9.99. The Hall–Kier alpha value is -1.83. The molecule has 0 atom stereocenters. The van der Waals surface area contributed by atoms with Crippen molar-refractivity contribution in [2.45, 2.75) is 19.3 Å². The molecule has 1 fully saturated rings. The number of rotatable bonds is 4. The first-order valence-corrected chi connectivity index (χ1v) is 7.80. The highest BCUT2D eigenvalue weighted by molar-refractivity contribution is 7.18. The molecule has 0 aliphatic carbocycles. The predicted molar refractivity (Wildman–Crippen MR) is 83.6 cm³/mol. The number of likely N-dealkylation sites (tertiary alicyclic amines) is 1. The maximum atomic E-state index is 12.1. The van der Waals surface area contributed by atoms with Gasteiger partial charge in [-0.05, 0) is 19.3 Å². The SMILES string of the molecule is CN(C)c1nc(N)c(C(=O)NCC(=O)N2CCCCC2)s1. The van der Waals surface area contributed by atoms with Gasteiger partial charge < -0.3 is 20.9 Å². The van der Waals surface area contributed by atoms with Crippen molar-refractivity contribution in [2.75, 3.05) is 44.4 Å². The summed E-state index contributed by atoms with van der Waals surface area (Å²) < 4.78 is 0. The molecule has 0 saturated carbocycles. The lowest BCUT2D eigenvalue weighted by atomic mass is 10.1. The number of thiazole rings is 1. The van der Waals surface area contributed by atoms with Crippen LogP contribution in [0.15, 0.2) is 0 Å². The number of amides is 2. The number of hydrogen-bond acceptors (Lipinski definition) is 6. The van der Waals surface area contributed by atoms with E-state index >= 15 is 0 Å². The minimum absolute atomic E-state index is 0.00741. The summed E-state index contributed by atoms with van der Waals surface area (Å²) in [5.74, 6) is -0.186. The van der Waals surface area contributed by atoms with Crippen LogP contribution in [0.4, 0.5) is 10.9 Å². The summed E-state index contributed by atoms with van der Waals surface area (Å²) in [5, 5.41) is 3.30. The van der Waals surface area contributed by atoms with Gasteiger partial charge in [0.1, 0.15) is 10.7 Å². The quantitative estimate of drug-likeness (QED) is 0.846. The third kappa shape index (κ3) is 3.84. The van der Waals surface area contributed by atoms with Crippen LogP contribution in [-0.4, -0.2) is 55.4 Å². The fraction of sp³-hybridized carbons (Fsp3) is 0.615. The van der Waals surface area contributed by atoms with Gasteiger partial charge in [0.25, 0.3) is 5.91 Å². The smallest absolute Gasteiger partial charge is 0.265 e. The Kier molecular flexibility index (Phi) is 5.00. The molecule has 0 spiro atoms. The molecule has 0 bridgehead atoms. The van der Waals surface area contributed by atoms with Gasteiger partial charge in [-0.25, -0.2) is 4.98 Å². The van der Waals surface area contributed by atoms with E-state index in [4.69, 9.17) is 5.73 Å². The molecule has 2 heterocycles. The normalized spacial score (nSPS) is 14.9. The van der Waals surface area contributed by atoms with Crippen molar-refractivity contribution in [1.82, 2.24) is 15.2 Å². The van der Waals surface area contributed by atoms with Crippen molar-refractivity contribution in [3.63, 3.8) is 0 Å². The molecule has 1 saturated heterocycles. The van der Waals surface area contributed by atoms with E-state index in [0.717, 1.165) is 25.9 Å². The van der Waals surface area contributed by atoms with E-state index in [2.05, 4.69) is 10.3 Å². The Labute approximate surface area is 128 Å². The van der Waals surface area contributed by atoms with Crippen molar-refractivity contribution in [2.24, 2.45) is 0 Å². The minimum Gasteiger partial charge on any atom is -0.382 e. The van der Waals surface area contributed by atoms with Crippen molar-refractivity contribution < 1.29 is 9.59 Å².